The number of carbonyl (C=O) groups is 1. The number of halogens is 3. The summed E-state index contributed by atoms with van der Waals surface area (Å²) in [6, 6.07) is 2.95. The topological polar surface area (TPSA) is 71.5 Å². The van der Waals surface area contributed by atoms with Crippen molar-refractivity contribution < 1.29 is 26.9 Å². The van der Waals surface area contributed by atoms with Crippen LogP contribution < -0.4 is 10.1 Å². The van der Waals surface area contributed by atoms with Crippen molar-refractivity contribution in [3.63, 3.8) is 0 Å². The van der Waals surface area contributed by atoms with Gasteiger partial charge in [-0.25, -0.2) is 4.98 Å². The van der Waals surface area contributed by atoms with E-state index in [-0.39, 0.29) is 24.9 Å². The van der Waals surface area contributed by atoms with Gasteiger partial charge in [0.25, 0.3) is 0 Å². The monoisotopic (exact) mass is 395 g/mol. The third-order valence-corrected chi connectivity index (χ3v) is 4.59. The molecule has 0 atom stereocenters. The normalized spacial score (nSPS) is 15.7. The number of pyridine rings is 1. The highest BCUT2D eigenvalue weighted by molar-refractivity contribution is 7.85. The molecule has 26 heavy (non-hydrogen) atoms. The Labute approximate surface area is 153 Å². The second kappa shape index (κ2) is 11.1. The molecule has 0 aliphatic carbocycles. The molecule has 1 saturated heterocycles. The summed E-state index contributed by atoms with van der Waals surface area (Å²) in [6.45, 7) is 4.20. The fourth-order valence-corrected chi connectivity index (χ4v) is 3.22. The molecule has 1 amide bonds. The predicted octanol–water partition coefficient (Wildman–Crippen LogP) is 1.73. The number of nitrogens with zero attached hydrogens (tertiary/aromatic N) is 2. The molecular weight excluding hydrogens is 371 g/mol. The molecule has 1 aliphatic rings. The Hall–Kier alpha value is -1.68. The minimum absolute atomic E-state index is 0.141. The molecule has 1 fully saturated rings. The van der Waals surface area contributed by atoms with Crippen LogP contribution in [-0.2, 0) is 22.1 Å². The summed E-state index contributed by atoms with van der Waals surface area (Å²) in [5.74, 6) is 0.796. The van der Waals surface area contributed by atoms with Crippen LogP contribution in [0.5, 0.6) is 5.88 Å². The highest BCUT2D eigenvalue weighted by Crippen LogP contribution is 2.17. The number of hydrogen-bond acceptors (Lipinski definition) is 5. The maximum atomic E-state index is 12.1. The van der Waals surface area contributed by atoms with Gasteiger partial charge in [-0.05, 0) is 11.6 Å². The number of nitrogens with one attached hydrogen (secondary N) is 1. The number of amides is 1. The molecule has 0 spiro atoms. The molecule has 0 unspecified atom stereocenters. The lowest BCUT2D eigenvalue weighted by Gasteiger charge is -2.25. The van der Waals surface area contributed by atoms with E-state index in [1.165, 1.54) is 12.3 Å². The Morgan fingerprint density at radius 3 is 2.62 bits per heavy atom. The summed E-state index contributed by atoms with van der Waals surface area (Å²) in [5, 5.41) is 2.70. The first-order valence-electron chi connectivity index (χ1n) is 8.30. The van der Waals surface area contributed by atoms with Crippen molar-refractivity contribution in [2.45, 2.75) is 26.6 Å². The van der Waals surface area contributed by atoms with Crippen molar-refractivity contribution in [1.29, 1.82) is 0 Å². The van der Waals surface area contributed by atoms with Crippen LogP contribution in [0.3, 0.4) is 0 Å². The third kappa shape index (κ3) is 9.14. The molecule has 1 aliphatic heterocycles. The zero-order chi connectivity index (χ0) is 19.6. The molecule has 1 aromatic rings. The lowest BCUT2D eigenvalue weighted by Crippen LogP contribution is -2.43. The predicted molar refractivity (Wildman–Crippen MR) is 93.3 cm³/mol. The number of hydrogen-bond donors (Lipinski definition) is 1. The first-order chi connectivity index (χ1) is 12.3. The fraction of sp³-hybridized carbons (Fsp3) is 0.625. The molecule has 10 heteroatoms. The molecule has 0 saturated carbocycles. The van der Waals surface area contributed by atoms with E-state index >= 15 is 0 Å². The molecule has 1 N–H and O–H groups in total. The van der Waals surface area contributed by atoms with Gasteiger partial charge >= 0.3 is 6.18 Å². The van der Waals surface area contributed by atoms with Crippen LogP contribution in [-0.4, -0.2) is 63.9 Å². The van der Waals surface area contributed by atoms with Crippen LogP contribution >= 0.6 is 0 Å². The Bertz CT molecular complexity index is 590. The van der Waals surface area contributed by atoms with E-state index < -0.39 is 23.6 Å². The van der Waals surface area contributed by atoms with Gasteiger partial charge < -0.3 is 10.1 Å². The Balaban J connectivity index is 0.00000163. The van der Waals surface area contributed by atoms with E-state index in [0.717, 1.165) is 0 Å². The van der Waals surface area contributed by atoms with Crippen LogP contribution in [0.25, 0.3) is 0 Å². The number of rotatable bonds is 6. The first-order valence-corrected chi connectivity index (χ1v) is 9.79. The van der Waals surface area contributed by atoms with Crippen LogP contribution in [0.4, 0.5) is 13.2 Å². The summed E-state index contributed by atoms with van der Waals surface area (Å²) in [4.78, 5) is 17.5. The molecule has 1 aromatic heterocycles. The molecule has 0 bridgehead atoms. The number of aromatic nitrogens is 1. The summed E-state index contributed by atoms with van der Waals surface area (Å²) >= 11 is 0. The van der Waals surface area contributed by atoms with Crippen LogP contribution in [0, 0.1) is 0 Å². The highest BCUT2D eigenvalue weighted by atomic mass is 32.2. The first kappa shape index (κ1) is 22.4. The molecule has 0 aromatic carbocycles. The summed E-state index contributed by atoms with van der Waals surface area (Å²) in [5.41, 5.74) is 0.593. The molecule has 2 rings (SSSR count). The van der Waals surface area contributed by atoms with Crippen LogP contribution in [0.1, 0.15) is 19.4 Å². The quantitative estimate of drug-likeness (QED) is 0.794. The van der Waals surface area contributed by atoms with Crippen LogP contribution in [0.15, 0.2) is 18.3 Å². The largest absolute Gasteiger partial charge is 0.468 e. The minimum atomic E-state index is -4.43. The van der Waals surface area contributed by atoms with Gasteiger partial charge in [-0.3, -0.25) is 13.9 Å². The summed E-state index contributed by atoms with van der Waals surface area (Å²) in [6.07, 6.45) is -3.10. The number of alkyl halides is 3. The van der Waals surface area contributed by atoms with Crippen molar-refractivity contribution in [2.75, 3.05) is 37.7 Å². The van der Waals surface area contributed by atoms with Crippen molar-refractivity contribution in [3.8, 4) is 5.88 Å². The average molecular weight is 395 g/mol. The molecule has 2 heterocycles. The molecule has 6 nitrogen and oxygen atoms in total. The van der Waals surface area contributed by atoms with Gasteiger partial charge in [-0.15, -0.1) is 0 Å². The van der Waals surface area contributed by atoms with Crippen molar-refractivity contribution in [3.05, 3.63) is 23.9 Å². The van der Waals surface area contributed by atoms with Crippen molar-refractivity contribution >= 4 is 16.7 Å². The van der Waals surface area contributed by atoms with Crippen molar-refractivity contribution in [2.24, 2.45) is 0 Å². The number of carbonyl (C=O) groups excluding carboxylic acids is 1. The molecular formula is C16H24F3N3O3S. The van der Waals surface area contributed by atoms with Gasteiger partial charge in [0.05, 0.1) is 6.54 Å². The molecule has 148 valence electrons. The zero-order valence-electron chi connectivity index (χ0n) is 14.8. The van der Waals surface area contributed by atoms with E-state index in [0.29, 0.717) is 30.2 Å². The lowest BCUT2D eigenvalue weighted by atomic mass is 10.2. The van der Waals surface area contributed by atoms with Gasteiger partial charge in [0.2, 0.25) is 11.8 Å². The van der Waals surface area contributed by atoms with Crippen molar-refractivity contribution in [1.82, 2.24) is 15.2 Å². The van der Waals surface area contributed by atoms with E-state index in [2.05, 4.69) is 15.0 Å². The summed E-state index contributed by atoms with van der Waals surface area (Å²) in [7, 11) is -0.795. The average Bonchev–Trinajstić information content (AvgIpc) is 2.62. The van der Waals surface area contributed by atoms with E-state index in [1.807, 2.05) is 18.7 Å². The van der Waals surface area contributed by atoms with E-state index in [4.69, 9.17) is 0 Å². The standard InChI is InChI=1S/C14H18F3N3O3S.C2H6/c15-14(16,17)10-23-13-7-11(1-2-18-13)8-19-12(21)9-20-3-5-24(22)6-4-20;1-2/h1-2,7H,3-6,8-10H2,(H,19,21);1-2H3. The Kier molecular flexibility index (Phi) is 9.57. The van der Waals surface area contributed by atoms with E-state index in [1.54, 1.807) is 6.07 Å². The highest BCUT2D eigenvalue weighted by Gasteiger charge is 2.28. The zero-order valence-corrected chi connectivity index (χ0v) is 15.7. The second-order valence-corrected chi connectivity index (χ2v) is 7.00. The maximum Gasteiger partial charge on any atom is 0.422 e. The lowest BCUT2D eigenvalue weighted by molar-refractivity contribution is -0.154. The van der Waals surface area contributed by atoms with Gasteiger partial charge in [-0.2, -0.15) is 13.2 Å². The van der Waals surface area contributed by atoms with E-state index in [9.17, 15) is 22.2 Å². The van der Waals surface area contributed by atoms with Crippen LogP contribution in [0.2, 0.25) is 0 Å². The summed E-state index contributed by atoms with van der Waals surface area (Å²) < 4.78 is 52.1. The van der Waals surface area contributed by atoms with Gasteiger partial charge in [-0.1, -0.05) is 13.8 Å². The Morgan fingerprint density at radius 1 is 1.35 bits per heavy atom. The second-order valence-electron chi connectivity index (χ2n) is 5.31. The Morgan fingerprint density at radius 2 is 2.00 bits per heavy atom. The SMILES string of the molecule is CC.O=C(CN1CCS(=O)CC1)NCc1ccnc(OCC(F)(F)F)c1. The fourth-order valence-electron chi connectivity index (χ4n) is 2.09. The minimum Gasteiger partial charge on any atom is -0.468 e. The maximum absolute atomic E-state index is 12.1. The van der Waals surface area contributed by atoms with Gasteiger partial charge in [0.1, 0.15) is 0 Å². The van der Waals surface area contributed by atoms with Gasteiger partial charge in [0, 0.05) is 54.2 Å². The molecule has 0 radical (unpaired) electrons. The smallest absolute Gasteiger partial charge is 0.422 e. The third-order valence-electron chi connectivity index (χ3n) is 3.31. The van der Waals surface area contributed by atoms with Gasteiger partial charge in [0.15, 0.2) is 6.61 Å². The number of ether oxygens (including phenoxy) is 1.